The monoisotopic (exact) mass is 275 g/mol. The van der Waals surface area contributed by atoms with Crippen LogP contribution in [0.2, 0.25) is 0 Å². The Hall–Kier alpha value is -1.97. The first-order valence-corrected chi connectivity index (χ1v) is 7.10. The van der Waals surface area contributed by atoms with Crippen molar-refractivity contribution in [2.45, 2.75) is 11.8 Å². The van der Waals surface area contributed by atoms with Gasteiger partial charge < -0.3 is 0 Å². The Balaban J connectivity index is 2.71. The van der Waals surface area contributed by atoms with Crippen LogP contribution in [-0.4, -0.2) is 31.3 Å². The van der Waals surface area contributed by atoms with Gasteiger partial charge >= 0.3 is 0 Å². The van der Waals surface area contributed by atoms with E-state index in [-0.39, 0.29) is 11.4 Å². The first kappa shape index (κ1) is 13.5. The highest BCUT2D eigenvalue weighted by Crippen LogP contribution is 2.26. The molecule has 19 heavy (non-hydrogen) atoms. The largest absolute Gasteiger partial charge is 0.256 e. The summed E-state index contributed by atoms with van der Waals surface area (Å²) < 4.78 is 25.8. The molecule has 1 aromatic heterocycles. The van der Waals surface area contributed by atoms with Crippen LogP contribution in [0.25, 0.3) is 10.9 Å². The molecule has 0 aliphatic heterocycles. The lowest BCUT2D eigenvalue weighted by Gasteiger charge is -2.15. The van der Waals surface area contributed by atoms with Crippen molar-refractivity contribution in [2.75, 3.05) is 13.6 Å². The third-order valence-electron chi connectivity index (χ3n) is 2.91. The summed E-state index contributed by atoms with van der Waals surface area (Å²) in [6, 6.07) is 8.54. The van der Waals surface area contributed by atoms with Gasteiger partial charge in [0.05, 0.1) is 16.5 Å². The van der Waals surface area contributed by atoms with E-state index >= 15 is 0 Å². The second-order valence-corrected chi connectivity index (χ2v) is 6.21. The summed E-state index contributed by atoms with van der Waals surface area (Å²) in [5.41, 5.74) is 1.58. The maximum absolute atomic E-state index is 12.4. The van der Waals surface area contributed by atoms with Gasteiger partial charge in [-0.05, 0) is 30.7 Å². The van der Waals surface area contributed by atoms with Crippen LogP contribution in [0, 0.1) is 18.3 Å². The standard InChI is InChI=1S/C13H13N3O2S/c1-10-5-6-12(11-4-3-8-15-13(10)11)19(17,18)16(2)9-7-14/h3-6,8H,9H2,1-2H3. The van der Waals surface area contributed by atoms with Crippen molar-refractivity contribution in [1.29, 1.82) is 5.26 Å². The molecule has 0 aliphatic rings. The van der Waals surface area contributed by atoms with Gasteiger partial charge in [0.25, 0.3) is 0 Å². The lowest BCUT2D eigenvalue weighted by Crippen LogP contribution is -2.27. The summed E-state index contributed by atoms with van der Waals surface area (Å²) in [7, 11) is -2.28. The van der Waals surface area contributed by atoms with E-state index in [0.717, 1.165) is 9.87 Å². The minimum atomic E-state index is -3.67. The predicted molar refractivity (Wildman–Crippen MR) is 71.9 cm³/mol. The van der Waals surface area contributed by atoms with Crippen LogP contribution < -0.4 is 0 Å². The number of nitrogens with zero attached hydrogens (tertiary/aromatic N) is 3. The number of hydrogen-bond acceptors (Lipinski definition) is 4. The number of aryl methyl sites for hydroxylation is 1. The maximum atomic E-state index is 12.4. The van der Waals surface area contributed by atoms with Crippen molar-refractivity contribution in [3.8, 4) is 6.07 Å². The number of pyridine rings is 1. The second-order valence-electron chi connectivity index (χ2n) is 4.20. The number of sulfonamides is 1. The van der Waals surface area contributed by atoms with E-state index < -0.39 is 10.0 Å². The molecule has 1 heterocycles. The number of fused-ring (bicyclic) bond motifs is 1. The van der Waals surface area contributed by atoms with E-state index in [2.05, 4.69) is 4.98 Å². The van der Waals surface area contributed by atoms with Gasteiger partial charge in [-0.1, -0.05) is 6.07 Å². The van der Waals surface area contributed by atoms with Crippen molar-refractivity contribution in [3.05, 3.63) is 36.0 Å². The van der Waals surface area contributed by atoms with Crippen LogP contribution >= 0.6 is 0 Å². The van der Waals surface area contributed by atoms with Gasteiger partial charge in [0, 0.05) is 18.6 Å². The zero-order chi connectivity index (χ0) is 14.0. The van der Waals surface area contributed by atoms with Crippen LogP contribution in [0.4, 0.5) is 0 Å². The quantitative estimate of drug-likeness (QED) is 0.799. The van der Waals surface area contributed by atoms with Crippen LogP contribution in [-0.2, 0) is 10.0 Å². The first-order valence-electron chi connectivity index (χ1n) is 5.66. The third-order valence-corrected chi connectivity index (χ3v) is 4.77. The fourth-order valence-electron chi connectivity index (χ4n) is 1.87. The lowest BCUT2D eigenvalue weighted by atomic mass is 10.1. The fourth-order valence-corrected chi connectivity index (χ4v) is 3.11. The zero-order valence-corrected chi connectivity index (χ0v) is 11.5. The Labute approximate surface area is 112 Å². The Morgan fingerprint density at radius 3 is 2.79 bits per heavy atom. The van der Waals surface area contributed by atoms with Crippen molar-refractivity contribution < 1.29 is 8.42 Å². The maximum Gasteiger partial charge on any atom is 0.244 e. The van der Waals surface area contributed by atoms with Gasteiger partial charge in [-0.2, -0.15) is 9.57 Å². The molecular weight excluding hydrogens is 262 g/mol. The molecule has 0 atom stereocenters. The predicted octanol–water partition coefficient (Wildman–Crippen LogP) is 1.69. The van der Waals surface area contributed by atoms with E-state index in [9.17, 15) is 8.42 Å². The second kappa shape index (κ2) is 4.96. The van der Waals surface area contributed by atoms with E-state index in [1.807, 2.05) is 13.0 Å². The number of nitriles is 1. The molecule has 0 spiro atoms. The van der Waals surface area contributed by atoms with Gasteiger partial charge in [0.15, 0.2) is 0 Å². The van der Waals surface area contributed by atoms with Gasteiger partial charge in [0.2, 0.25) is 10.0 Å². The summed E-state index contributed by atoms with van der Waals surface area (Å²) in [5.74, 6) is 0. The molecular formula is C13H13N3O2S. The smallest absolute Gasteiger partial charge is 0.244 e. The summed E-state index contributed by atoms with van der Waals surface area (Å²) in [6.07, 6.45) is 1.63. The SMILES string of the molecule is Cc1ccc(S(=O)(=O)N(C)CC#N)c2cccnc12. The molecule has 6 heteroatoms. The number of benzene rings is 1. The molecule has 0 aliphatic carbocycles. The molecule has 0 N–H and O–H groups in total. The summed E-state index contributed by atoms with van der Waals surface area (Å²) in [6.45, 7) is 1.70. The molecule has 2 rings (SSSR count). The minimum absolute atomic E-state index is 0.180. The molecule has 0 unspecified atom stereocenters. The number of hydrogen-bond donors (Lipinski definition) is 0. The third kappa shape index (κ3) is 2.30. The highest BCUT2D eigenvalue weighted by molar-refractivity contribution is 7.89. The topological polar surface area (TPSA) is 74.1 Å². The van der Waals surface area contributed by atoms with E-state index in [1.54, 1.807) is 30.5 Å². The molecule has 0 bridgehead atoms. The van der Waals surface area contributed by atoms with Crippen molar-refractivity contribution >= 4 is 20.9 Å². The molecule has 0 radical (unpaired) electrons. The summed E-state index contributed by atoms with van der Waals surface area (Å²) >= 11 is 0. The Kier molecular flexibility index (Phi) is 3.51. The molecule has 0 fully saturated rings. The molecule has 0 amide bonds. The zero-order valence-electron chi connectivity index (χ0n) is 10.7. The van der Waals surface area contributed by atoms with Crippen molar-refractivity contribution in [1.82, 2.24) is 9.29 Å². The Bertz CT molecular complexity index is 763. The van der Waals surface area contributed by atoms with Gasteiger partial charge in [-0.3, -0.25) is 4.98 Å². The van der Waals surface area contributed by atoms with Gasteiger partial charge in [-0.15, -0.1) is 0 Å². The lowest BCUT2D eigenvalue weighted by molar-refractivity contribution is 0.502. The summed E-state index contributed by atoms with van der Waals surface area (Å²) in [4.78, 5) is 4.39. The average molecular weight is 275 g/mol. The molecule has 0 saturated carbocycles. The molecule has 2 aromatic rings. The molecule has 98 valence electrons. The normalized spacial score (nSPS) is 11.7. The van der Waals surface area contributed by atoms with Crippen molar-refractivity contribution in [3.63, 3.8) is 0 Å². The van der Waals surface area contributed by atoms with Gasteiger partial charge in [-0.25, -0.2) is 8.42 Å². The molecule has 0 saturated heterocycles. The summed E-state index contributed by atoms with van der Waals surface area (Å²) in [5, 5.41) is 9.21. The Morgan fingerprint density at radius 1 is 1.37 bits per heavy atom. The van der Waals surface area contributed by atoms with E-state index in [4.69, 9.17) is 5.26 Å². The fraction of sp³-hybridized carbons (Fsp3) is 0.231. The molecule has 5 nitrogen and oxygen atoms in total. The van der Waals surface area contributed by atoms with Gasteiger partial charge in [0.1, 0.15) is 6.54 Å². The highest BCUT2D eigenvalue weighted by atomic mass is 32.2. The van der Waals surface area contributed by atoms with Crippen LogP contribution in [0.1, 0.15) is 5.56 Å². The highest BCUT2D eigenvalue weighted by Gasteiger charge is 2.23. The first-order chi connectivity index (χ1) is 8.98. The Morgan fingerprint density at radius 2 is 2.11 bits per heavy atom. The molecule has 1 aromatic carbocycles. The number of aromatic nitrogens is 1. The van der Waals surface area contributed by atoms with Crippen LogP contribution in [0.3, 0.4) is 0 Å². The van der Waals surface area contributed by atoms with E-state index in [0.29, 0.717) is 10.9 Å². The average Bonchev–Trinajstić information content (AvgIpc) is 2.39. The van der Waals surface area contributed by atoms with Crippen LogP contribution in [0.5, 0.6) is 0 Å². The minimum Gasteiger partial charge on any atom is -0.256 e. The van der Waals surface area contributed by atoms with E-state index in [1.165, 1.54) is 7.05 Å². The van der Waals surface area contributed by atoms with Crippen LogP contribution in [0.15, 0.2) is 35.4 Å². The van der Waals surface area contributed by atoms with Crippen molar-refractivity contribution in [2.24, 2.45) is 0 Å². The number of rotatable bonds is 3.